The van der Waals surface area contributed by atoms with Crippen LogP contribution in [-0.2, 0) is 14.3 Å². The van der Waals surface area contributed by atoms with E-state index in [1.165, 1.54) is 38.5 Å². The first-order valence-corrected chi connectivity index (χ1v) is 16.6. The summed E-state index contributed by atoms with van der Waals surface area (Å²) < 4.78 is 12.6. The molecule has 2 amide bonds. The van der Waals surface area contributed by atoms with Crippen LogP contribution in [0.3, 0.4) is 0 Å². The average Bonchev–Trinajstić information content (AvgIpc) is 2.97. The molecule has 232 valence electrons. The molecule has 8 nitrogen and oxygen atoms in total. The molecule has 0 aromatic heterocycles. The lowest BCUT2D eigenvalue weighted by Gasteiger charge is -2.40. The van der Waals surface area contributed by atoms with E-state index in [-0.39, 0.29) is 31.4 Å². The minimum absolute atomic E-state index is 0.0152. The Bertz CT molecular complexity index is 927. The fourth-order valence-corrected chi connectivity index (χ4v) is 5.67. The SMILES string of the molecule is CCCCCCCCCCCC(=O)N(CCCOCC)[C@@H]1CC(C(=O)NCCO)=C[C@H](Oc2ccccc2I)[C@H]1O. The van der Waals surface area contributed by atoms with Crippen molar-refractivity contribution in [1.29, 1.82) is 0 Å². The maximum Gasteiger partial charge on any atom is 0.247 e. The van der Waals surface area contributed by atoms with E-state index in [4.69, 9.17) is 9.47 Å². The van der Waals surface area contributed by atoms with Gasteiger partial charge < -0.3 is 29.9 Å². The Morgan fingerprint density at radius 2 is 1.71 bits per heavy atom. The monoisotopic (exact) mass is 686 g/mol. The molecule has 0 radical (unpaired) electrons. The lowest BCUT2D eigenvalue weighted by atomic mass is 9.87. The number of carbonyl (C=O) groups is 2. The normalized spacial score (nSPS) is 18.6. The zero-order valence-corrected chi connectivity index (χ0v) is 27.1. The molecule has 9 heteroatoms. The van der Waals surface area contributed by atoms with Gasteiger partial charge in [-0.25, -0.2) is 0 Å². The second kappa shape index (κ2) is 21.1. The molecule has 0 fully saturated rings. The molecule has 0 heterocycles. The lowest BCUT2D eigenvalue weighted by molar-refractivity contribution is -0.139. The molecular weight excluding hydrogens is 635 g/mol. The first kappa shape index (κ1) is 35.5. The maximum atomic E-state index is 13.6. The van der Waals surface area contributed by atoms with Crippen LogP contribution in [0.25, 0.3) is 0 Å². The van der Waals surface area contributed by atoms with Crippen molar-refractivity contribution in [2.24, 2.45) is 0 Å². The molecular formula is C32H51IN2O6. The van der Waals surface area contributed by atoms with Crippen LogP contribution in [0.5, 0.6) is 5.75 Å². The van der Waals surface area contributed by atoms with Gasteiger partial charge in [-0.15, -0.1) is 0 Å². The molecule has 0 saturated heterocycles. The summed E-state index contributed by atoms with van der Waals surface area (Å²) in [6.45, 7) is 5.66. The van der Waals surface area contributed by atoms with Crippen molar-refractivity contribution < 1.29 is 29.3 Å². The van der Waals surface area contributed by atoms with Crippen LogP contribution in [0, 0.1) is 3.57 Å². The number of unbranched alkanes of at least 4 members (excludes halogenated alkanes) is 8. The fraction of sp³-hybridized carbons (Fsp3) is 0.688. The molecule has 0 unspecified atom stereocenters. The molecule has 1 aliphatic rings. The van der Waals surface area contributed by atoms with Gasteiger partial charge in [0.05, 0.1) is 16.2 Å². The van der Waals surface area contributed by atoms with Crippen molar-refractivity contribution in [3.8, 4) is 5.75 Å². The number of hydrogen-bond acceptors (Lipinski definition) is 6. The summed E-state index contributed by atoms with van der Waals surface area (Å²) in [6.07, 6.45) is 11.6. The van der Waals surface area contributed by atoms with E-state index < -0.39 is 18.2 Å². The van der Waals surface area contributed by atoms with Crippen molar-refractivity contribution in [2.45, 2.75) is 109 Å². The Morgan fingerprint density at radius 1 is 1.02 bits per heavy atom. The van der Waals surface area contributed by atoms with E-state index in [1.807, 2.05) is 31.2 Å². The standard InChI is InChI=1S/C32H51IN2O6/c1-3-5-6-7-8-9-10-11-12-18-30(37)35(20-15-22-40-4-2)27-23-25(32(39)34-19-21-36)24-29(31(27)38)41-28-17-14-13-16-26(28)33/h13-14,16-17,24,27,29,31,36,38H,3-12,15,18-23H2,1-2H3,(H,34,39)/t27-,29+,31+/m1/s1. The Labute approximate surface area is 260 Å². The number of nitrogens with zero attached hydrogens (tertiary/aromatic N) is 1. The first-order chi connectivity index (χ1) is 19.9. The van der Waals surface area contributed by atoms with E-state index in [0.29, 0.717) is 43.9 Å². The van der Waals surface area contributed by atoms with Gasteiger partial charge >= 0.3 is 0 Å². The summed E-state index contributed by atoms with van der Waals surface area (Å²) in [5.41, 5.74) is 0.440. The van der Waals surface area contributed by atoms with Crippen LogP contribution < -0.4 is 10.1 Å². The molecule has 1 aromatic rings. The van der Waals surface area contributed by atoms with Crippen molar-refractivity contribution in [3.63, 3.8) is 0 Å². The Balaban J connectivity index is 2.14. The Hall–Kier alpha value is -1.69. The maximum absolute atomic E-state index is 13.6. The second-order valence-electron chi connectivity index (χ2n) is 10.7. The number of aliphatic hydroxyl groups is 2. The van der Waals surface area contributed by atoms with Gasteiger partial charge in [0, 0.05) is 44.7 Å². The van der Waals surface area contributed by atoms with Gasteiger partial charge in [0.2, 0.25) is 11.8 Å². The highest BCUT2D eigenvalue weighted by atomic mass is 127. The number of ether oxygens (including phenoxy) is 2. The van der Waals surface area contributed by atoms with E-state index >= 15 is 0 Å². The predicted molar refractivity (Wildman–Crippen MR) is 171 cm³/mol. The average molecular weight is 687 g/mol. The fourth-order valence-electron chi connectivity index (χ4n) is 5.15. The molecule has 0 saturated carbocycles. The summed E-state index contributed by atoms with van der Waals surface area (Å²) in [5.74, 6) is 0.264. The number of nitrogens with one attached hydrogen (secondary N) is 1. The van der Waals surface area contributed by atoms with E-state index in [1.54, 1.807) is 11.0 Å². The molecule has 1 aromatic carbocycles. The van der Waals surface area contributed by atoms with Crippen molar-refractivity contribution >= 4 is 34.4 Å². The van der Waals surface area contributed by atoms with Gasteiger partial charge in [-0.3, -0.25) is 9.59 Å². The molecule has 3 atom stereocenters. The van der Waals surface area contributed by atoms with Gasteiger partial charge in [0.1, 0.15) is 18.0 Å². The highest BCUT2D eigenvalue weighted by Gasteiger charge is 2.40. The van der Waals surface area contributed by atoms with Crippen molar-refractivity contribution in [1.82, 2.24) is 10.2 Å². The van der Waals surface area contributed by atoms with Crippen LogP contribution in [0.2, 0.25) is 0 Å². The zero-order valence-electron chi connectivity index (χ0n) is 25.0. The van der Waals surface area contributed by atoms with Gasteiger partial charge in [-0.05, 0) is 60.6 Å². The summed E-state index contributed by atoms with van der Waals surface area (Å²) in [5, 5.41) is 23.5. The number of aliphatic hydroxyl groups excluding tert-OH is 2. The number of halogens is 1. The molecule has 2 rings (SSSR count). The Morgan fingerprint density at radius 3 is 2.37 bits per heavy atom. The highest BCUT2D eigenvalue weighted by Crippen LogP contribution is 2.30. The topological polar surface area (TPSA) is 108 Å². The summed E-state index contributed by atoms with van der Waals surface area (Å²) >= 11 is 2.18. The third kappa shape index (κ3) is 13.0. The number of rotatable bonds is 21. The van der Waals surface area contributed by atoms with Gasteiger partial charge in [-0.2, -0.15) is 0 Å². The van der Waals surface area contributed by atoms with Crippen LogP contribution in [0.15, 0.2) is 35.9 Å². The molecule has 3 N–H and O–H groups in total. The minimum Gasteiger partial charge on any atom is -0.482 e. The highest BCUT2D eigenvalue weighted by molar-refractivity contribution is 14.1. The van der Waals surface area contributed by atoms with Gasteiger partial charge in [-0.1, -0.05) is 70.4 Å². The molecule has 41 heavy (non-hydrogen) atoms. The molecule has 0 spiro atoms. The smallest absolute Gasteiger partial charge is 0.247 e. The molecule has 0 bridgehead atoms. The number of carbonyl (C=O) groups excluding carboxylic acids is 2. The zero-order chi connectivity index (χ0) is 29.9. The lowest BCUT2D eigenvalue weighted by Crippen LogP contribution is -2.55. The number of hydrogen-bond donors (Lipinski definition) is 3. The third-order valence-corrected chi connectivity index (χ3v) is 8.31. The molecule has 1 aliphatic carbocycles. The van der Waals surface area contributed by atoms with Crippen LogP contribution in [0.1, 0.15) is 90.9 Å². The number of amides is 2. The Kier molecular flexibility index (Phi) is 18.2. The second-order valence-corrected chi connectivity index (χ2v) is 11.8. The van der Waals surface area contributed by atoms with Crippen LogP contribution >= 0.6 is 22.6 Å². The minimum atomic E-state index is -1.01. The quantitative estimate of drug-likeness (QED) is 0.118. The summed E-state index contributed by atoms with van der Waals surface area (Å²) in [6, 6.07) is 6.89. The van der Waals surface area contributed by atoms with Gasteiger partial charge in [0.25, 0.3) is 0 Å². The summed E-state index contributed by atoms with van der Waals surface area (Å²) in [4.78, 5) is 28.3. The summed E-state index contributed by atoms with van der Waals surface area (Å²) in [7, 11) is 0. The van der Waals surface area contributed by atoms with Crippen LogP contribution in [-0.4, -0.2) is 78.1 Å². The van der Waals surface area contributed by atoms with Crippen molar-refractivity contribution in [3.05, 3.63) is 39.5 Å². The van der Waals surface area contributed by atoms with Crippen molar-refractivity contribution in [2.75, 3.05) is 32.9 Å². The van der Waals surface area contributed by atoms with E-state index in [9.17, 15) is 19.8 Å². The van der Waals surface area contributed by atoms with Crippen LogP contribution in [0.4, 0.5) is 0 Å². The van der Waals surface area contributed by atoms with Gasteiger partial charge in [0.15, 0.2) is 0 Å². The molecule has 0 aliphatic heterocycles. The first-order valence-electron chi connectivity index (χ1n) is 15.5. The largest absolute Gasteiger partial charge is 0.482 e. The third-order valence-electron chi connectivity index (χ3n) is 7.42. The number of para-hydroxylation sites is 1. The number of benzene rings is 1. The van der Waals surface area contributed by atoms with E-state index in [0.717, 1.165) is 22.8 Å². The van der Waals surface area contributed by atoms with E-state index in [2.05, 4.69) is 34.8 Å². The predicted octanol–water partition coefficient (Wildman–Crippen LogP) is 5.38.